The van der Waals surface area contributed by atoms with Crippen molar-refractivity contribution in [2.24, 2.45) is 5.73 Å². The minimum absolute atomic E-state index is 0.0667. The van der Waals surface area contributed by atoms with Gasteiger partial charge in [0.15, 0.2) is 0 Å². The monoisotopic (exact) mass is 257 g/mol. The molecule has 2 rings (SSSR count). The van der Waals surface area contributed by atoms with E-state index in [0.29, 0.717) is 4.47 Å². The second kappa shape index (κ2) is 3.31. The normalized spacial score (nSPS) is 18.3. The molecule has 1 fully saturated rings. The van der Waals surface area contributed by atoms with Gasteiger partial charge in [0.05, 0.1) is 4.47 Å². The molecule has 14 heavy (non-hydrogen) atoms. The van der Waals surface area contributed by atoms with Crippen LogP contribution in [0.15, 0.2) is 16.6 Å². The van der Waals surface area contributed by atoms with Crippen LogP contribution >= 0.6 is 15.9 Å². The Labute approximate surface area is 91.6 Å². The maximum atomic E-state index is 13.3. The van der Waals surface area contributed by atoms with Gasteiger partial charge in [-0.15, -0.1) is 0 Å². The Kier molecular flexibility index (Phi) is 2.40. The number of nitrogens with two attached hydrogens (primary N) is 1. The molecule has 0 saturated heterocycles. The van der Waals surface area contributed by atoms with E-state index in [4.69, 9.17) is 5.73 Å². The van der Waals surface area contributed by atoms with Crippen LogP contribution in [-0.4, -0.2) is 5.54 Å². The molecule has 2 N–H and O–H groups in total. The lowest BCUT2D eigenvalue weighted by atomic mass is 10.0. The van der Waals surface area contributed by atoms with E-state index >= 15 is 0 Å². The number of hydrogen-bond donors (Lipinski definition) is 1. The van der Waals surface area contributed by atoms with Crippen molar-refractivity contribution >= 4 is 15.9 Å². The highest BCUT2D eigenvalue weighted by atomic mass is 79.9. The molecular weight excluding hydrogens is 245 g/mol. The van der Waals surface area contributed by atoms with Gasteiger partial charge in [0.2, 0.25) is 0 Å². The lowest BCUT2D eigenvalue weighted by Crippen LogP contribution is -2.24. The van der Waals surface area contributed by atoms with Crippen molar-refractivity contribution in [1.29, 1.82) is 0 Å². The smallest absolute Gasteiger partial charge is 0.137 e. The first-order valence-electron chi connectivity index (χ1n) is 4.74. The molecule has 1 aliphatic carbocycles. The van der Waals surface area contributed by atoms with Crippen LogP contribution in [0, 0.1) is 12.7 Å². The molecule has 0 aromatic heterocycles. The molecule has 0 spiro atoms. The van der Waals surface area contributed by atoms with E-state index in [1.165, 1.54) is 6.07 Å². The fourth-order valence-corrected chi connectivity index (χ4v) is 2.01. The van der Waals surface area contributed by atoms with Gasteiger partial charge in [-0.1, -0.05) is 6.07 Å². The summed E-state index contributed by atoms with van der Waals surface area (Å²) < 4.78 is 13.9. The van der Waals surface area contributed by atoms with Crippen molar-refractivity contribution in [3.05, 3.63) is 33.5 Å². The highest BCUT2D eigenvalue weighted by Gasteiger charge is 2.38. The highest BCUT2D eigenvalue weighted by molar-refractivity contribution is 9.10. The summed E-state index contributed by atoms with van der Waals surface area (Å²) >= 11 is 3.26. The van der Waals surface area contributed by atoms with Crippen LogP contribution in [0.3, 0.4) is 0 Å². The Morgan fingerprint density at radius 3 is 2.71 bits per heavy atom. The fourth-order valence-electron chi connectivity index (χ4n) is 1.64. The highest BCUT2D eigenvalue weighted by Crippen LogP contribution is 2.37. The van der Waals surface area contributed by atoms with Gasteiger partial charge in [0.25, 0.3) is 0 Å². The van der Waals surface area contributed by atoms with Gasteiger partial charge in [-0.25, -0.2) is 4.39 Å². The lowest BCUT2D eigenvalue weighted by Gasteiger charge is -2.11. The lowest BCUT2D eigenvalue weighted by molar-refractivity contribution is 0.608. The summed E-state index contributed by atoms with van der Waals surface area (Å²) in [4.78, 5) is 0. The Balaban J connectivity index is 2.32. The average Bonchev–Trinajstić information content (AvgIpc) is 2.79. The van der Waals surface area contributed by atoms with Gasteiger partial charge in [0.1, 0.15) is 5.82 Å². The van der Waals surface area contributed by atoms with Gasteiger partial charge >= 0.3 is 0 Å². The molecular formula is C11H13BrFN. The van der Waals surface area contributed by atoms with Crippen molar-refractivity contribution < 1.29 is 4.39 Å². The predicted octanol–water partition coefficient (Wildman–Crippen LogP) is 2.93. The molecule has 0 unspecified atom stereocenters. The third-order valence-electron chi connectivity index (χ3n) is 2.68. The summed E-state index contributed by atoms with van der Waals surface area (Å²) in [7, 11) is 0. The maximum absolute atomic E-state index is 13.3. The molecule has 1 nitrogen and oxygen atoms in total. The SMILES string of the molecule is Cc1cc(F)c(Br)c(CC2(N)CC2)c1. The molecule has 0 aliphatic heterocycles. The second-order valence-electron chi connectivity index (χ2n) is 4.26. The van der Waals surface area contributed by atoms with Crippen LogP contribution in [0.2, 0.25) is 0 Å². The van der Waals surface area contributed by atoms with E-state index in [-0.39, 0.29) is 11.4 Å². The summed E-state index contributed by atoms with van der Waals surface area (Å²) in [5, 5.41) is 0. The number of halogens is 2. The fraction of sp³-hybridized carbons (Fsp3) is 0.455. The first kappa shape index (κ1) is 10.1. The molecule has 0 bridgehead atoms. The number of rotatable bonds is 2. The first-order chi connectivity index (χ1) is 6.50. The molecule has 0 amide bonds. The Morgan fingerprint density at radius 1 is 1.50 bits per heavy atom. The minimum Gasteiger partial charge on any atom is -0.325 e. The van der Waals surface area contributed by atoms with E-state index in [9.17, 15) is 4.39 Å². The molecule has 0 atom stereocenters. The standard InChI is InChI=1S/C11H13BrFN/c1-7-4-8(6-11(14)2-3-11)10(12)9(13)5-7/h4-5H,2-3,6,14H2,1H3. The third kappa shape index (κ3) is 1.98. The Bertz CT molecular complexity index is 372. The van der Waals surface area contributed by atoms with E-state index in [1.807, 2.05) is 13.0 Å². The number of benzene rings is 1. The van der Waals surface area contributed by atoms with Crippen molar-refractivity contribution in [2.45, 2.75) is 31.7 Å². The van der Waals surface area contributed by atoms with Gasteiger partial charge in [-0.3, -0.25) is 0 Å². The zero-order chi connectivity index (χ0) is 10.3. The average molecular weight is 258 g/mol. The summed E-state index contributed by atoms with van der Waals surface area (Å²) in [5.74, 6) is -0.191. The molecule has 1 aromatic carbocycles. The van der Waals surface area contributed by atoms with Crippen LogP contribution in [0.1, 0.15) is 24.0 Å². The van der Waals surface area contributed by atoms with Crippen LogP contribution in [0.5, 0.6) is 0 Å². The largest absolute Gasteiger partial charge is 0.325 e. The third-order valence-corrected chi connectivity index (χ3v) is 3.57. The summed E-state index contributed by atoms with van der Waals surface area (Å²) in [6.45, 7) is 1.90. The van der Waals surface area contributed by atoms with Crippen molar-refractivity contribution in [3.63, 3.8) is 0 Å². The summed E-state index contributed by atoms with van der Waals surface area (Å²) in [6.07, 6.45) is 2.87. The zero-order valence-corrected chi connectivity index (χ0v) is 9.70. The topological polar surface area (TPSA) is 26.0 Å². The van der Waals surface area contributed by atoms with Crippen LogP contribution in [0.25, 0.3) is 0 Å². The van der Waals surface area contributed by atoms with Crippen molar-refractivity contribution in [1.82, 2.24) is 0 Å². The van der Waals surface area contributed by atoms with Crippen LogP contribution in [0.4, 0.5) is 4.39 Å². The van der Waals surface area contributed by atoms with E-state index in [2.05, 4.69) is 15.9 Å². The molecule has 1 saturated carbocycles. The first-order valence-corrected chi connectivity index (χ1v) is 5.53. The molecule has 76 valence electrons. The zero-order valence-electron chi connectivity index (χ0n) is 8.11. The minimum atomic E-state index is -0.191. The molecule has 3 heteroatoms. The second-order valence-corrected chi connectivity index (χ2v) is 5.05. The summed E-state index contributed by atoms with van der Waals surface area (Å²) in [6, 6.07) is 3.53. The van der Waals surface area contributed by atoms with E-state index in [0.717, 1.165) is 30.4 Å². The predicted molar refractivity (Wildman–Crippen MR) is 58.7 cm³/mol. The van der Waals surface area contributed by atoms with E-state index in [1.54, 1.807) is 0 Å². The molecule has 0 radical (unpaired) electrons. The van der Waals surface area contributed by atoms with Crippen molar-refractivity contribution in [3.8, 4) is 0 Å². The Morgan fingerprint density at radius 2 is 2.14 bits per heavy atom. The quantitative estimate of drug-likeness (QED) is 0.867. The molecule has 0 heterocycles. The molecule has 1 aliphatic rings. The van der Waals surface area contributed by atoms with Gasteiger partial charge in [-0.2, -0.15) is 0 Å². The Hall–Kier alpha value is -0.410. The summed E-state index contributed by atoms with van der Waals surface area (Å²) in [5.41, 5.74) is 7.88. The molecule has 1 aromatic rings. The number of aryl methyl sites for hydroxylation is 1. The van der Waals surface area contributed by atoms with Gasteiger partial charge < -0.3 is 5.73 Å². The van der Waals surface area contributed by atoms with Crippen LogP contribution < -0.4 is 5.73 Å². The maximum Gasteiger partial charge on any atom is 0.137 e. The van der Waals surface area contributed by atoms with Gasteiger partial charge in [0, 0.05) is 5.54 Å². The number of hydrogen-bond acceptors (Lipinski definition) is 1. The van der Waals surface area contributed by atoms with E-state index < -0.39 is 0 Å². The van der Waals surface area contributed by atoms with Crippen LogP contribution in [-0.2, 0) is 6.42 Å². The van der Waals surface area contributed by atoms with Gasteiger partial charge in [-0.05, 0) is 59.3 Å². The van der Waals surface area contributed by atoms with Crippen molar-refractivity contribution in [2.75, 3.05) is 0 Å².